The molecule has 0 saturated heterocycles. The molecule has 0 bridgehead atoms. The molecule has 2 aliphatic carbocycles. The second kappa shape index (κ2) is 9.72. The van der Waals surface area contributed by atoms with Crippen LogP contribution in [0.25, 0.3) is 11.1 Å². The third kappa shape index (κ3) is 5.04. The number of carbonyl (C=O) groups excluding carboxylic acids is 2. The van der Waals surface area contributed by atoms with Crippen molar-refractivity contribution in [3.05, 3.63) is 59.7 Å². The molecule has 7 nitrogen and oxygen atoms in total. The number of nitrogens with zero attached hydrogens (tertiary/aromatic N) is 1. The van der Waals surface area contributed by atoms with E-state index in [0.29, 0.717) is 0 Å². The summed E-state index contributed by atoms with van der Waals surface area (Å²) >= 11 is 0. The Labute approximate surface area is 206 Å². The van der Waals surface area contributed by atoms with Crippen LogP contribution in [0, 0.1) is 11.3 Å². The van der Waals surface area contributed by atoms with E-state index >= 15 is 0 Å². The van der Waals surface area contributed by atoms with Crippen molar-refractivity contribution < 1.29 is 24.2 Å². The van der Waals surface area contributed by atoms with Crippen molar-refractivity contribution in [1.82, 2.24) is 10.2 Å². The lowest BCUT2D eigenvalue weighted by molar-refractivity contribution is -0.150. The maximum absolute atomic E-state index is 13.4. The van der Waals surface area contributed by atoms with Crippen molar-refractivity contribution in [3.8, 4) is 11.1 Å². The topological polar surface area (TPSA) is 95.9 Å². The summed E-state index contributed by atoms with van der Waals surface area (Å²) in [7, 11) is 0. The number of alkyl carbamates (subject to hydrolysis) is 1. The van der Waals surface area contributed by atoms with E-state index in [4.69, 9.17) is 4.74 Å². The first-order chi connectivity index (χ1) is 16.6. The van der Waals surface area contributed by atoms with Gasteiger partial charge in [-0.3, -0.25) is 9.59 Å². The highest BCUT2D eigenvalue weighted by atomic mass is 16.5. The lowest BCUT2D eigenvalue weighted by Gasteiger charge is -2.39. The Bertz CT molecular complexity index is 1080. The van der Waals surface area contributed by atoms with Crippen molar-refractivity contribution in [3.63, 3.8) is 0 Å². The number of amides is 2. The van der Waals surface area contributed by atoms with Gasteiger partial charge in [0.2, 0.25) is 5.91 Å². The number of carbonyl (C=O) groups is 3. The molecule has 7 heteroatoms. The average molecular weight is 479 g/mol. The van der Waals surface area contributed by atoms with E-state index in [1.807, 2.05) is 38.1 Å². The van der Waals surface area contributed by atoms with Crippen LogP contribution in [0.15, 0.2) is 48.5 Å². The Kier molecular flexibility index (Phi) is 6.88. The van der Waals surface area contributed by atoms with Gasteiger partial charge in [0.05, 0.1) is 5.41 Å². The maximum atomic E-state index is 13.4. The molecule has 2 amide bonds. The van der Waals surface area contributed by atoms with Gasteiger partial charge in [-0.15, -0.1) is 0 Å². The van der Waals surface area contributed by atoms with Crippen LogP contribution < -0.4 is 5.32 Å². The zero-order chi connectivity index (χ0) is 25.3. The van der Waals surface area contributed by atoms with Crippen LogP contribution in [0.5, 0.6) is 0 Å². The first-order valence-corrected chi connectivity index (χ1v) is 12.3. The molecule has 1 fully saturated rings. The monoisotopic (exact) mass is 478 g/mol. The van der Waals surface area contributed by atoms with Crippen LogP contribution in [0.2, 0.25) is 0 Å². The second-order valence-corrected chi connectivity index (χ2v) is 10.5. The second-order valence-electron chi connectivity index (χ2n) is 10.5. The number of hydrogen-bond donors (Lipinski definition) is 2. The summed E-state index contributed by atoms with van der Waals surface area (Å²) in [6.45, 7) is 7.25. The Morgan fingerprint density at radius 3 is 2.06 bits per heavy atom. The van der Waals surface area contributed by atoms with E-state index in [-0.39, 0.29) is 36.9 Å². The first kappa shape index (κ1) is 24.8. The fraction of sp³-hybridized carbons (Fsp3) is 0.464. The highest BCUT2D eigenvalue weighted by molar-refractivity contribution is 5.87. The van der Waals surface area contributed by atoms with Crippen LogP contribution in [-0.4, -0.2) is 53.2 Å². The van der Waals surface area contributed by atoms with Crippen LogP contribution in [0.3, 0.4) is 0 Å². The number of fused-ring (bicyclic) bond motifs is 3. The summed E-state index contributed by atoms with van der Waals surface area (Å²) in [6, 6.07) is 15.7. The van der Waals surface area contributed by atoms with E-state index in [0.717, 1.165) is 35.1 Å². The number of carboxylic acid groups (broad SMARTS) is 1. The molecule has 2 N–H and O–H groups in total. The Hall–Kier alpha value is -3.35. The van der Waals surface area contributed by atoms with E-state index in [1.54, 1.807) is 13.8 Å². The van der Waals surface area contributed by atoms with Gasteiger partial charge >= 0.3 is 12.1 Å². The van der Waals surface area contributed by atoms with Gasteiger partial charge in [0.1, 0.15) is 13.2 Å². The molecule has 2 aliphatic rings. The van der Waals surface area contributed by atoms with Crippen molar-refractivity contribution in [1.29, 1.82) is 0 Å². The third-order valence-corrected chi connectivity index (χ3v) is 7.17. The SMILES string of the molecule is CC(C)C(NC(=O)OCC1c2ccccc2-c2ccccc21)C(C)(C)C(=O)N(CC(=O)O)C1CC1. The van der Waals surface area contributed by atoms with Gasteiger partial charge in [-0.2, -0.15) is 0 Å². The fourth-order valence-corrected chi connectivity index (χ4v) is 5.35. The molecule has 35 heavy (non-hydrogen) atoms. The molecular formula is C28H34N2O5. The predicted molar refractivity (Wildman–Crippen MR) is 133 cm³/mol. The van der Waals surface area contributed by atoms with Gasteiger partial charge in [-0.1, -0.05) is 62.4 Å². The zero-order valence-corrected chi connectivity index (χ0v) is 20.8. The third-order valence-electron chi connectivity index (χ3n) is 7.17. The lowest BCUT2D eigenvalue weighted by Crippen LogP contribution is -2.57. The molecule has 0 aromatic heterocycles. The smallest absolute Gasteiger partial charge is 0.407 e. The summed E-state index contributed by atoms with van der Waals surface area (Å²) in [6.07, 6.45) is 1.03. The van der Waals surface area contributed by atoms with E-state index in [1.165, 1.54) is 4.90 Å². The number of benzene rings is 2. The number of rotatable bonds is 9. The highest BCUT2D eigenvalue weighted by Crippen LogP contribution is 2.44. The number of hydrogen-bond acceptors (Lipinski definition) is 4. The molecule has 0 aliphatic heterocycles. The highest BCUT2D eigenvalue weighted by Gasteiger charge is 2.46. The number of carboxylic acids is 1. The molecule has 0 heterocycles. The average Bonchev–Trinajstić information content (AvgIpc) is 3.61. The predicted octanol–water partition coefficient (Wildman–Crippen LogP) is 4.65. The Balaban J connectivity index is 1.46. The molecule has 0 spiro atoms. The van der Waals surface area contributed by atoms with Crippen LogP contribution in [-0.2, 0) is 14.3 Å². The van der Waals surface area contributed by atoms with E-state index in [2.05, 4.69) is 29.6 Å². The first-order valence-electron chi connectivity index (χ1n) is 12.3. The molecule has 1 atom stereocenters. The van der Waals surface area contributed by atoms with Gasteiger partial charge in [0, 0.05) is 18.0 Å². The summed E-state index contributed by atoms with van der Waals surface area (Å²) in [5, 5.41) is 12.2. The molecule has 2 aromatic carbocycles. The van der Waals surface area contributed by atoms with Crippen molar-refractivity contribution >= 4 is 18.0 Å². The van der Waals surface area contributed by atoms with E-state index < -0.39 is 23.5 Å². The quantitative estimate of drug-likeness (QED) is 0.547. The largest absolute Gasteiger partial charge is 0.480 e. The molecule has 1 saturated carbocycles. The van der Waals surface area contributed by atoms with Crippen LogP contribution >= 0.6 is 0 Å². The van der Waals surface area contributed by atoms with Crippen LogP contribution in [0.1, 0.15) is 57.6 Å². The minimum Gasteiger partial charge on any atom is -0.480 e. The van der Waals surface area contributed by atoms with Gasteiger partial charge in [0.25, 0.3) is 0 Å². The van der Waals surface area contributed by atoms with Gasteiger partial charge < -0.3 is 20.1 Å². The zero-order valence-electron chi connectivity index (χ0n) is 20.8. The van der Waals surface area contributed by atoms with Crippen LogP contribution in [0.4, 0.5) is 4.79 Å². The molecule has 0 radical (unpaired) electrons. The minimum atomic E-state index is -1.04. The van der Waals surface area contributed by atoms with Crippen molar-refractivity contribution in [2.24, 2.45) is 11.3 Å². The lowest BCUT2D eigenvalue weighted by atomic mass is 9.77. The number of aliphatic carboxylic acids is 1. The van der Waals surface area contributed by atoms with Gasteiger partial charge in [0.15, 0.2) is 0 Å². The minimum absolute atomic E-state index is 0.0415. The fourth-order valence-electron chi connectivity index (χ4n) is 5.35. The van der Waals surface area contributed by atoms with Crippen molar-refractivity contribution in [2.45, 2.75) is 58.5 Å². The normalized spacial score (nSPS) is 15.8. The standard InChI is InChI=1S/C28H34N2O5/c1-17(2)25(28(3,4)26(33)30(15-24(31)32)18-13-14-18)29-27(34)35-16-23-21-11-7-5-9-19(21)20-10-6-8-12-22(20)23/h5-12,17-18,23,25H,13-16H2,1-4H3,(H,29,34)(H,31,32). The van der Waals surface area contributed by atoms with Crippen molar-refractivity contribution in [2.75, 3.05) is 13.2 Å². The molecule has 4 rings (SSSR count). The molecular weight excluding hydrogens is 444 g/mol. The number of nitrogens with one attached hydrogen (secondary N) is 1. The number of ether oxygens (including phenoxy) is 1. The van der Waals surface area contributed by atoms with Gasteiger partial charge in [-0.05, 0) is 54.9 Å². The summed E-state index contributed by atoms with van der Waals surface area (Å²) in [5.74, 6) is -1.42. The molecule has 186 valence electrons. The van der Waals surface area contributed by atoms with Gasteiger partial charge in [-0.25, -0.2) is 4.79 Å². The maximum Gasteiger partial charge on any atom is 0.407 e. The summed E-state index contributed by atoms with van der Waals surface area (Å²) in [5.41, 5.74) is 3.57. The van der Waals surface area contributed by atoms with E-state index in [9.17, 15) is 19.5 Å². The molecule has 1 unspecified atom stereocenters. The Morgan fingerprint density at radius 1 is 1.03 bits per heavy atom. The Morgan fingerprint density at radius 2 is 1.57 bits per heavy atom. The summed E-state index contributed by atoms with van der Waals surface area (Å²) in [4.78, 5) is 39.2. The molecule has 2 aromatic rings. The summed E-state index contributed by atoms with van der Waals surface area (Å²) < 4.78 is 5.71.